The number of aryl methyl sites for hydroxylation is 2. The molecule has 0 aromatic carbocycles. The molecule has 0 bridgehead atoms. The Kier molecular flexibility index (Phi) is 3.01. The van der Waals surface area contributed by atoms with Gasteiger partial charge in [-0.25, -0.2) is 9.78 Å². The van der Waals surface area contributed by atoms with E-state index in [-0.39, 0.29) is 12.1 Å². The zero-order valence-corrected chi connectivity index (χ0v) is 11.4. The minimum Gasteiger partial charge on any atom is -0.478 e. The summed E-state index contributed by atoms with van der Waals surface area (Å²) in [5, 5.41) is 21.0. The number of carboxylic acid groups (broad SMARTS) is 1. The van der Waals surface area contributed by atoms with Gasteiger partial charge >= 0.3 is 5.97 Å². The highest BCUT2D eigenvalue weighted by molar-refractivity contribution is 6.04. The van der Waals surface area contributed by atoms with Crippen molar-refractivity contribution in [1.29, 1.82) is 0 Å². The fourth-order valence-corrected chi connectivity index (χ4v) is 2.20. The maximum absolute atomic E-state index is 11.4. The van der Waals surface area contributed by atoms with Gasteiger partial charge in [0.2, 0.25) is 6.39 Å². The van der Waals surface area contributed by atoms with Crippen molar-refractivity contribution >= 4 is 22.7 Å². The maximum Gasteiger partial charge on any atom is 0.339 e. The van der Waals surface area contributed by atoms with E-state index in [0.717, 1.165) is 0 Å². The summed E-state index contributed by atoms with van der Waals surface area (Å²) in [7, 11) is 1.76. The first-order valence-corrected chi connectivity index (χ1v) is 6.12. The van der Waals surface area contributed by atoms with E-state index in [1.54, 1.807) is 18.7 Å². The van der Waals surface area contributed by atoms with Crippen molar-refractivity contribution in [2.75, 3.05) is 5.32 Å². The average molecular weight is 288 g/mol. The van der Waals surface area contributed by atoms with Crippen LogP contribution in [0.2, 0.25) is 0 Å². The van der Waals surface area contributed by atoms with Crippen LogP contribution in [-0.2, 0) is 13.6 Å². The van der Waals surface area contributed by atoms with E-state index in [1.807, 2.05) is 0 Å². The lowest BCUT2D eigenvalue weighted by atomic mass is 10.1. The SMILES string of the molecule is Cc1nn(C)c2ncc(C(=O)O)c(NCc3ncon3)c12. The molecule has 0 fully saturated rings. The van der Waals surface area contributed by atoms with Crippen LogP contribution in [0.3, 0.4) is 0 Å². The molecule has 0 unspecified atom stereocenters. The number of rotatable bonds is 4. The second-order valence-electron chi connectivity index (χ2n) is 4.46. The largest absolute Gasteiger partial charge is 0.478 e. The van der Waals surface area contributed by atoms with E-state index in [4.69, 9.17) is 0 Å². The van der Waals surface area contributed by atoms with E-state index in [1.165, 1.54) is 12.6 Å². The molecular weight excluding hydrogens is 276 g/mol. The molecule has 0 aliphatic rings. The molecule has 9 nitrogen and oxygen atoms in total. The minimum absolute atomic E-state index is 0.0714. The molecule has 0 amide bonds. The van der Waals surface area contributed by atoms with Crippen molar-refractivity contribution in [2.45, 2.75) is 13.5 Å². The van der Waals surface area contributed by atoms with Gasteiger partial charge in [-0.15, -0.1) is 0 Å². The lowest BCUT2D eigenvalue weighted by molar-refractivity contribution is 0.0697. The highest BCUT2D eigenvalue weighted by atomic mass is 16.5. The number of hydrogen-bond donors (Lipinski definition) is 2. The number of hydrogen-bond acceptors (Lipinski definition) is 7. The van der Waals surface area contributed by atoms with Gasteiger partial charge in [-0.1, -0.05) is 5.16 Å². The van der Waals surface area contributed by atoms with Crippen molar-refractivity contribution in [3.63, 3.8) is 0 Å². The molecule has 3 rings (SSSR count). The quantitative estimate of drug-likeness (QED) is 0.728. The summed E-state index contributed by atoms with van der Waals surface area (Å²) in [4.78, 5) is 19.4. The summed E-state index contributed by atoms with van der Waals surface area (Å²) in [5.41, 5.74) is 1.82. The Morgan fingerprint density at radius 2 is 2.29 bits per heavy atom. The lowest BCUT2D eigenvalue weighted by Crippen LogP contribution is -2.09. The van der Waals surface area contributed by atoms with Crippen LogP contribution in [0.4, 0.5) is 5.69 Å². The maximum atomic E-state index is 11.4. The van der Waals surface area contributed by atoms with Crippen LogP contribution in [0.5, 0.6) is 0 Å². The van der Waals surface area contributed by atoms with Gasteiger partial charge in [0.05, 0.1) is 23.3 Å². The molecule has 2 N–H and O–H groups in total. The zero-order chi connectivity index (χ0) is 15.0. The second-order valence-corrected chi connectivity index (χ2v) is 4.46. The molecule has 0 atom stereocenters. The number of pyridine rings is 1. The van der Waals surface area contributed by atoms with E-state index in [2.05, 4.69) is 30.1 Å². The third-order valence-electron chi connectivity index (χ3n) is 3.09. The van der Waals surface area contributed by atoms with Crippen molar-refractivity contribution in [3.8, 4) is 0 Å². The van der Waals surface area contributed by atoms with E-state index >= 15 is 0 Å². The average Bonchev–Trinajstić information content (AvgIpc) is 3.05. The number of aromatic carboxylic acids is 1. The summed E-state index contributed by atoms with van der Waals surface area (Å²) >= 11 is 0. The summed E-state index contributed by atoms with van der Waals surface area (Å²) in [6.45, 7) is 2.04. The Hall–Kier alpha value is -2.97. The Labute approximate surface area is 118 Å². The predicted molar refractivity (Wildman–Crippen MR) is 71.8 cm³/mol. The number of anilines is 1. The highest BCUT2D eigenvalue weighted by Gasteiger charge is 2.19. The van der Waals surface area contributed by atoms with E-state index < -0.39 is 5.97 Å². The monoisotopic (exact) mass is 288 g/mol. The first kappa shape index (κ1) is 13.0. The topological polar surface area (TPSA) is 119 Å². The number of carbonyl (C=O) groups is 1. The lowest BCUT2D eigenvalue weighted by Gasteiger charge is -2.09. The second kappa shape index (κ2) is 4.85. The fourth-order valence-electron chi connectivity index (χ4n) is 2.20. The van der Waals surface area contributed by atoms with Gasteiger partial charge in [-0.05, 0) is 6.92 Å². The highest BCUT2D eigenvalue weighted by Crippen LogP contribution is 2.28. The summed E-state index contributed by atoms with van der Waals surface area (Å²) < 4.78 is 6.26. The van der Waals surface area contributed by atoms with Crippen molar-refractivity contribution < 1.29 is 14.4 Å². The number of nitrogens with one attached hydrogen (secondary N) is 1. The molecule has 108 valence electrons. The molecule has 3 heterocycles. The molecule has 0 radical (unpaired) electrons. The first-order valence-electron chi connectivity index (χ1n) is 6.12. The third kappa shape index (κ3) is 2.18. The van der Waals surface area contributed by atoms with Crippen LogP contribution in [0.15, 0.2) is 17.1 Å². The van der Waals surface area contributed by atoms with Gasteiger partial charge in [0, 0.05) is 13.2 Å². The van der Waals surface area contributed by atoms with E-state index in [0.29, 0.717) is 28.2 Å². The van der Waals surface area contributed by atoms with Crippen LogP contribution in [-0.4, -0.2) is 36.0 Å². The smallest absolute Gasteiger partial charge is 0.339 e. The van der Waals surface area contributed by atoms with Crippen molar-refractivity contribution in [3.05, 3.63) is 29.7 Å². The van der Waals surface area contributed by atoms with Crippen molar-refractivity contribution in [2.24, 2.45) is 7.05 Å². The fraction of sp³-hybridized carbons (Fsp3) is 0.250. The molecule has 0 saturated carbocycles. The normalized spacial score (nSPS) is 11.0. The molecule has 0 saturated heterocycles. The third-order valence-corrected chi connectivity index (χ3v) is 3.09. The van der Waals surface area contributed by atoms with Gasteiger partial charge in [0.15, 0.2) is 11.5 Å². The number of nitrogens with zero attached hydrogens (tertiary/aromatic N) is 5. The van der Waals surface area contributed by atoms with Gasteiger partial charge in [0.1, 0.15) is 5.56 Å². The van der Waals surface area contributed by atoms with Crippen LogP contribution in [0.1, 0.15) is 21.9 Å². The minimum atomic E-state index is -1.07. The molecule has 21 heavy (non-hydrogen) atoms. The summed E-state index contributed by atoms with van der Waals surface area (Å²) in [5.74, 6) is -0.638. The number of carboxylic acids is 1. The van der Waals surface area contributed by atoms with Gasteiger partial charge < -0.3 is 14.9 Å². The van der Waals surface area contributed by atoms with Gasteiger partial charge in [-0.3, -0.25) is 4.68 Å². The molecule has 0 aliphatic carbocycles. The Morgan fingerprint density at radius 3 is 2.95 bits per heavy atom. The Bertz CT molecular complexity index is 808. The zero-order valence-electron chi connectivity index (χ0n) is 11.4. The van der Waals surface area contributed by atoms with Crippen LogP contribution in [0.25, 0.3) is 11.0 Å². The van der Waals surface area contributed by atoms with Crippen LogP contribution < -0.4 is 5.32 Å². The molecular formula is C12H12N6O3. The Morgan fingerprint density at radius 1 is 1.48 bits per heavy atom. The first-order chi connectivity index (χ1) is 10.1. The van der Waals surface area contributed by atoms with Gasteiger partial charge in [-0.2, -0.15) is 10.1 Å². The molecule has 0 aliphatic heterocycles. The molecule has 9 heteroatoms. The number of fused-ring (bicyclic) bond motifs is 1. The molecule has 3 aromatic rings. The summed E-state index contributed by atoms with van der Waals surface area (Å²) in [6.07, 6.45) is 2.52. The summed E-state index contributed by atoms with van der Waals surface area (Å²) in [6, 6.07) is 0. The molecule has 0 spiro atoms. The number of aromatic nitrogens is 5. The molecule has 3 aromatic heterocycles. The van der Waals surface area contributed by atoms with Gasteiger partial charge in [0.25, 0.3) is 0 Å². The Balaban J connectivity index is 2.12. The predicted octanol–water partition coefficient (Wildman–Crippen LogP) is 0.970. The van der Waals surface area contributed by atoms with Crippen LogP contribution in [0, 0.1) is 6.92 Å². The standard InChI is InChI=1S/C12H12N6O3/c1-6-9-10(13-4-8-15-5-21-17-8)7(12(19)20)3-14-11(9)18(2)16-6/h3,5H,4H2,1-2H3,(H,13,14)(H,19,20). The van der Waals surface area contributed by atoms with Crippen molar-refractivity contribution in [1.82, 2.24) is 24.9 Å². The van der Waals surface area contributed by atoms with E-state index in [9.17, 15) is 9.90 Å². The van der Waals surface area contributed by atoms with Crippen LogP contribution >= 0.6 is 0 Å².